The van der Waals surface area contributed by atoms with Crippen LogP contribution in [0, 0.1) is 32.1 Å². The summed E-state index contributed by atoms with van der Waals surface area (Å²) in [7, 11) is 0. The van der Waals surface area contributed by atoms with Crippen molar-refractivity contribution in [1.29, 1.82) is 5.26 Å². The van der Waals surface area contributed by atoms with E-state index in [1.54, 1.807) is 6.08 Å². The summed E-state index contributed by atoms with van der Waals surface area (Å²) in [6, 6.07) is 6.65. The van der Waals surface area contributed by atoms with Crippen molar-refractivity contribution in [3.05, 3.63) is 50.5 Å². The van der Waals surface area contributed by atoms with E-state index in [9.17, 15) is 10.1 Å². The van der Waals surface area contributed by atoms with Crippen molar-refractivity contribution >= 4 is 23.2 Å². The molecule has 0 aromatic carbocycles. The van der Waals surface area contributed by atoms with Crippen LogP contribution in [0.1, 0.15) is 51.1 Å². The zero-order valence-electron chi connectivity index (χ0n) is 13.0. The zero-order chi connectivity index (χ0) is 15.9. The number of nitriles is 1. The number of nitrogens with zero attached hydrogens (tertiary/aromatic N) is 2. The molecule has 112 valence electrons. The van der Waals surface area contributed by atoms with Crippen molar-refractivity contribution in [2.24, 2.45) is 0 Å². The van der Waals surface area contributed by atoms with Crippen LogP contribution in [0.25, 0.3) is 6.08 Å². The Hall–Kier alpha value is -2.12. The van der Waals surface area contributed by atoms with Crippen LogP contribution in [0.3, 0.4) is 0 Å². The molecule has 0 aliphatic heterocycles. The molecule has 0 saturated heterocycles. The molecule has 1 aliphatic rings. The lowest BCUT2D eigenvalue weighted by atomic mass is 10.1. The smallest absolute Gasteiger partial charge is 0.213 e. The van der Waals surface area contributed by atoms with Crippen molar-refractivity contribution in [3.8, 4) is 6.07 Å². The third-order valence-corrected chi connectivity index (χ3v) is 5.18. The van der Waals surface area contributed by atoms with Gasteiger partial charge in [0.15, 0.2) is 0 Å². The number of ketones is 1. The summed E-state index contributed by atoms with van der Waals surface area (Å²) < 4.78 is 2.32. The van der Waals surface area contributed by atoms with E-state index in [0.29, 0.717) is 10.9 Å². The molecule has 0 atom stereocenters. The summed E-state index contributed by atoms with van der Waals surface area (Å²) in [6.45, 7) is 6.05. The van der Waals surface area contributed by atoms with E-state index in [-0.39, 0.29) is 11.4 Å². The maximum absolute atomic E-state index is 12.5. The number of rotatable bonds is 4. The normalized spacial score (nSPS) is 14.9. The van der Waals surface area contributed by atoms with E-state index in [1.165, 1.54) is 29.9 Å². The number of carbonyl (C=O) groups excluding carboxylic acids is 1. The number of Topliss-reactive ketones (excluding diaryl/α,β-unsaturated/α-hetero) is 1. The number of hydrogen-bond donors (Lipinski definition) is 0. The third-order valence-electron chi connectivity index (χ3n) is 4.17. The highest BCUT2D eigenvalue weighted by molar-refractivity contribution is 7.12. The maximum atomic E-state index is 12.5. The minimum Gasteiger partial charge on any atom is -0.346 e. The van der Waals surface area contributed by atoms with Gasteiger partial charge in [-0.05, 0) is 68.3 Å². The quantitative estimate of drug-likeness (QED) is 0.470. The molecule has 0 unspecified atom stereocenters. The van der Waals surface area contributed by atoms with E-state index >= 15 is 0 Å². The Morgan fingerprint density at radius 1 is 1.41 bits per heavy atom. The summed E-state index contributed by atoms with van der Waals surface area (Å²) in [5.41, 5.74) is 4.46. The standard InChI is InChI=1S/C18H18N2OS/c1-11-6-7-22-18(11)17(21)15(10-19)9-14-8-12(2)20(13(14)3)16-4-5-16/h6-9,16H,4-5H2,1-3H3/b15-9+. The summed E-state index contributed by atoms with van der Waals surface area (Å²) in [4.78, 5) is 13.2. The summed E-state index contributed by atoms with van der Waals surface area (Å²) >= 11 is 1.39. The van der Waals surface area contributed by atoms with Gasteiger partial charge in [0.2, 0.25) is 5.78 Å². The Morgan fingerprint density at radius 2 is 2.14 bits per heavy atom. The number of carbonyl (C=O) groups is 1. The highest BCUT2D eigenvalue weighted by Crippen LogP contribution is 2.38. The third kappa shape index (κ3) is 2.53. The van der Waals surface area contributed by atoms with Crippen molar-refractivity contribution in [2.75, 3.05) is 0 Å². The second-order valence-electron chi connectivity index (χ2n) is 5.86. The van der Waals surface area contributed by atoms with Gasteiger partial charge in [0.1, 0.15) is 11.6 Å². The van der Waals surface area contributed by atoms with E-state index in [4.69, 9.17) is 0 Å². The van der Waals surface area contributed by atoms with Crippen LogP contribution >= 0.6 is 11.3 Å². The fourth-order valence-electron chi connectivity index (χ4n) is 2.88. The number of thiophene rings is 1. The summed E-state index contributed by atoms with van der Waals surface area (Å²) in [5, 5.41) is 11.3. The van der Waals surface area contributed by atoms with Gasteiger partial charge in [-0.25, -0.2) is 0 Å². The molecule has 3 nitrogen and oxygen atoms in total. The van der Waals surface area contributed by atoms with Gasteiger partial charge in [0.05, 0.1) is 4.88 Å². The van der Waals surface area contributed by atoms with Crippen LogP contribution in [0.5, 0.6) is 0 Å². The minimum atomic E-state index is -0.175. The predicted octanol–water partition coefficient (Wildman–Crippen LogP) is 4.60. The van der Waals surface area contributed by atoms with Crippen LogP contribution in [0.15, 0.2) is 23.1 Å². The average molecular weight is 310 g/mol. The van der Waals surface area contributed by atoms with Gasteiger partial charge in [0, 0.05) is 17.4 Å². The molecule has 4 heteroatoms. The van der Waals surface area contributed by atoms with E-state index in [1.807, 2.05) is 18.4 Å². The van der Waals surface area contributed by atoms with E-state index in [2.05, 4.69) is 30.6 Å². The second kappa shape index (κ2) is 5.58. The second-order valence-corrected chi connectivity index (χ2v) is 6.78. The van der Waals surface area contributed by atoms with Crippen molar-refractivity contribution < 1.29 is 4.79 Å². The molecule has 1 aliphatic carbocycles. The van der Waals surface area contributed by atoms with Crippen LogP contribution in [-0.2, 0) is 0 Å². The first-order chi connectivity index (χ1) is 10.5. The molecule has 0 bridgehead atoms. The molecule has 1 fully saturated rings. The summed E-state index contributed by atoms with van der Waals surface area (Å²) in [6.07, 6.45) is 4.18. The van der Waals surface area contributed by atoms with Gasteiger partial charge in [-0.15, -0.1) is 11.3 Å². The molecule has 0 amide bonds. The van der Waals surface area contributed by atoms with Gasteiger partial charge in [-0.1, -0.05) is 0 Å². The fraction of sp³-hybridized carbons (Fsp3) is 0.333. The Labute approximate surface area is 134 Å². The maximum Gasteiger partial charge on any atom is 0.213 e. The Bertz CT molecular complexity index is 813. The molecule has 2 heterocycles. The van der Waals surface area contributed by atoms with Crippen LogP contribution in [0.2, 0.25) is 0 Å². The topological polar surface area (TPSA) is 45.8 Å². The van der Waals surface area contributed by atoms with Crippen molar-refractivity contribution in [2.45, 2.75) is 39.7 Å². The number of aryl methyl sites for hydroxylation is 2. The highest BCUT2D eigenvalue weighted by Gasteiger charge is 2.27. The fourth-order valence-corrected chi connectivity index (χ4v) is 3.75. The van der Waals surface area contributed by atoms with Crippen LogP contribution in [0.4, 0.5) is 0 Å². The van der Waals surface area contributed by atoms with Gasteiger partial charge < -0.3 is 4.57 Å². The van der Waals surface area contributed by atoms with E-state index < -0.39 is 0 Å². The lowest BCUT2D eigenvalue weighted by molar-refractivity contribution is 0.104. The molecular weight excluding hydrogens is 292 g/mol. The molecule has 0 N–H and O–H groups in total. The molecule has 1 saturated carbocycles. The lowest BCUT2D eigenvalue weighted by Gasteiger charge is -2.06. The first-order valence-corrected chi connectivity index (χ1v) is 8.30. The Balaban J connectivity index is 1.99. The molecule has 22 heavy (non-hydrogen) atoms. The summed E-state index contributed by atoms with van der Waals surface area (Å²) in [5.74, 6) is -0.175. The Morgan fingerprint density at radius 3 is 2.68 bits per heavy atom. The van der Waals surface area contributed by atoms with Gasteiger partial charge in [0.25, 0.3) is 0 Å². The van der Waals surface area contributed by atoms with Gasteiger partial charge in [-0.3, -0.25) is 4.79 Å². The molecular formula is C18H18N2OS. The Kier molecular flexibility index (Phi) is 3.76. The van der Waals surface area contributed by atoms with Crippen LogP contribution in [-0.4, -0.2) is 10.4 Å². The number of hydrogen-bond acceptors (Lipinski definition) is 3. The monoisotopic (exact) mass is 310 g/mol. The molecule has 3 rings (SSSR count). The van der Waals surface area contributed by atoms with Crippen molar-refractivity contribution in [1.82, 2.24) is 4.57 Å². The number of aromatic nitrogens is 1. The first-order valence-electron chi connectivity index (χ1n) is 7.42. The number of allylic oxidation sites excluding steroid dienone is 1. The molecule has 2 aromatic heterocycles. The van der Waals surface area contributed by atoms with Gasteiger partial charge >= 0.3 is 0 Å². The van der Waals surface area contributed by atoms with Gasteiger partial charge in [-0.2, -0.15) is 5.26 Å². The largest absolute Gasteiger partial charge is 0.346 e. The SMILES string of the molecule is Cc1ccsc1C(=O)/C(C#N)=C/c1cc(C)n(C2CC2)c1C. The van der Waals surface area contributed by atoms with Crippen molar-refractivity contribution in [3.63, 3.8) is 0 Å². The molecule has 2 aromatic rings. The minimum absolute atomic E-state index is 0.175. The predicted molar refractivity (Wildman–Crippen MR) is 89.2 cm³/mol. The first kappa shape index (κ1) is 14.8. The highest BCUT2D eigenvalue weighted by atomic mass is 32.1. The van der Waals surface area contributed by atoms with E-state index in [0.717, 1.165) is 16.8 Å². The molecule has 0 spiro atoms. The van der Waals surface area contributed by atoms with Crippen LogP contribution < -0.4 is 0 Å². The zero-order valence-corrected chi connectivity index (χ0v) is 13.8. The molecule has 0 radical (unpaired) electrons. The average Bonchev–Trinajstić information content (AvgIpc) is 3.16. The lowest BCUT2D eigenvalue weighted by Crippen LogP contribution is -2.02.